The van der Waals surface area contributed by atoms with Crippen molar-refractivity contribution >= 4 is 0 Å². The van der Waals surface area contributed by atoms with Gasteiger partial charge in [-0.25, -0.2) is 5.32 Å². The zero-order chi connectivity index (χ0) is 8.36. The molecule has 0 unspecified atom stereocenters. The number of hydrogen-bond donors (Lipinski definition) is 0. The van der Waals surface area contributed by atoms with E-state index in [2.05, 4.69) is 31.0 Å². The van der Waals surface area contributed by atoms with Crippen LogP contribution in [0.5, 0.6) is 0 Å². The van der Waals surface area contributed by atoms with Gasteiger partial charge in [-0.2, -0.15) is 0 Å². The molecule has 0 bridgehead atoms. The van der Waals surface area contributed by atoms with Gasteiger partial charge in [0.2, 0.25) is 0 Å². The van der Waals surface area contributed by atoms with Crippen LogP contribution in [0.3, 0.4) is 0 Å². The minimum atomic E-state index is 0.708. The molecule has 0 saturated heterocycles. The highest BCUT2D eigenvalue weighted by Gasteiger charge is 1.82. The third kappa shape index (κ3) is 9.52. The summed E-state index contributed by atoms with van der Waals surface area (Å²) in [5.41, 5.74) is 0. The molecular weight excluding hydrogens is 134 g/mol. The van der Waals surface area contributed by atoms with E-state index in [0.717, 1.165) is 19.4 Å². The third-order valence-electron chi connectivity index (χ3n) is 1.29. The van der Waals surface area contributed by atoms with Crippen LogP contribution in [0, 0.1) is 18.8 Å². The Morgan fingerprint density at radius 2 is 2.18 bits per heavy atom. The van der Waals surface area contributed by atoms with Crippen molar-refractivity contribution in [1.29, 1.82) is 0 Å². The smallest absolute Gasteiger partial charge is 0.0745 e. The molecule has 1 heteroatoms. The van der Waals surface area contributed by atoms with Gasteiger partial charge in [0.15, 0.2) is 0 Å². The lowest BCUT2D eigenvalue weighted by Gasteiger charge is -1.92. The van der Waals surface area contributed by atoms with Crippen LogP contribution in [0.4, 0.5) is 0 Å². The lowest BCUT2D eigenvalue weighted by Crippen LogP contribution is -2.05. The molecule has 1 nitrogen and oxygen atoms in total. The Balaban J connectivity index is 2.96. The molecule has 11 heavy (non-hydrogen) atoms. The summed E-state index contributed by atoms with van der Waals surface area (Å²) in [7, 11) is 0. The van der Waals surface area contributed by atoms with Gasteiger partial charge in [-0.05, 0) is 12.8 Å². The molecule has 62 valence electrons. The fraction of sp³-hybridized carbons (Fsp3) is 0.700. The van der Waals surface area contributed by atoms with Crippen LogP contribution in [0.15, 0.2) is 0 Å². The predicted octanol–water partition coefficient (Wildman–Crippen LogP) is 2.01. The molecule has 0 aliphatic heterocycles. The molecule has 0 fully saturated rings. The Morgan fingerprint density at radius 1 is 1.36 bits per heavy atom. The summed E-state index contributed by atoms with van der Waals surface area (Å²) in [5, 5.41) is 4.24. The highest BCUT2D eigenvalue weighted by Crippen LogP contribution is 1.83. The Bertz CT molecular complexity index is 119. The first kappa shape index (κ1) is 10.5. The van der Waals surface area contributed by atoms with E-state index in [1.165, 1.54) is 12.8 Å². The average molecular weight is 151 g/mol. The van der Waals surface area contributed by atoms with Crippen LogP contribution in [-0.4, -0.2) is 13.1 Å². The van der Waals surface area contributed by atoms with E-state index in [-0.39, 0.29) is 0 Å². The molecule has 0 rings (SSSR count). The van der Waals surface area contributed by atoms with Gasteiger partial charge in [0.25, 0.3) is 0 Å². The molecule has 0 aromatic heterocycles. The Labute approximate surface area is 70.6 Å². The monoisotopic (exact) mass is 151 g/mol. The standard InChI is InChI=1S/C10H17N/c1-3-5-7-8-10-11-9-6-4-2/h1,3-6,9-10H2,2H3. The average Bonchev–Trinajstić information content (AvgIpc) is 2.03. The molecule has 0 spiro atoms. The summed E-state index contributed by atoms with van der Waals surface area (Å²) in [6, 6.07) is 0. The van der Waals surface area contributed by atoms with E-state index in [9.17, 15) is 0 Å². The van der Waals surface area contributed by atoms with E-state index >= 15 is 0 Å². The van der Waals surface area contributed by atoms with Gasteiger partial charge in [0.05, 0.1) is 6.54 Å². The zero-order valence-corrected chi connectivity index (χ0v) is 7.40. The van der Waals surface area contributed by atoms with E-state index in [1.54, 1.807) is 0 Å². The van der Waals surface area contributed by atoms with Gasteiger partial charge < -0.3 is 0 Å². The van der Waals surface area contributed by atoms with Crippen molar-refractivity contribution in [2.45, 2.75) is 32.6 Å². The number of hydrogen-bond acceptors (Lipinski definition) is 0. The van der Waals surface area contributed by atoms with E-state index in [1.807, 2.05) is 0 Å². The van der Waals surface area contributed by atoms with Crippen LogP contribution in [0.1, 0.15) is 32.6 Å². The Hall–Kier alpha value is -0.480. The second kappa shape index (κ2) is 9.52. The van der Waals surface area contributed by atoms with E-state index in [0.29, 0.717) is 6.54 Å². The summed E-state index contributed by atoms with van der Waals surface area (Å²) in [6.45, 7) is 7.55. The fourth-order valence-corrected chi connectivity index (χ4v) is 0.638. The lowest BCUT2D eigenvalue weighted by molar-refractivity contribution is 0.675. The SMILES string of the molecule is [CH2]CCC#CC[N]CCCC. The van der Waals surface area contributed by atoms with Gasteiger partial charge in [-0.1, -0.05) is 26.2 Å². The maximum absolute atomic E-state index is 4.24. The molecule has 0 saturated carbocycles. The van der Waals surface area contributed by atoms with E-state index in [4.69, 9.17) is 0 Å². The third-order valence-corrected chi connectivity index (χ3v) is 1.29. The molecule has 0 N–H and O–H groups in total. The Morgan fingerprint density at radius 3 is 2.82 bits per heavy atom. The van der Waals surface area contributed by atoms with Crippen LogP contribution in [-0.2, 0) is 0 Å². The predicted molar refractivity (Wildman–Crippen MR) is 49.1 cm³/mol. The van der Waals surface area contributed by atoms with E-state index < -0.39 is 0 Å². The Kier molecular flexibility index (Phi) is 9.10. The van der Waals surface area contributed by atoms with Crippen molar-refractivity contribution in [2.75, 3.05) is 13.1 Å². The molecular formula is C10H17N. The van der Waals surface area contributed by atoms with Crippen molar-refractivity contribution in [1.82, 2.24) is 5.32 Å². The number of unbranched alkanes of at least 4 members (excludes halogenated alkanes) is 2. The van der Waals surface area contributed by atoms with Crippen molar-refractivity contribution in [2.24, 2.45) is 0 Å². The maximum atomic E-state index is 4.24. The first-order valence-electron chi connectivity index (χ1n) is 4.30. The normalized spacial score (nSPS) is 8.91. The van der Waals surface area contributed by atoms with Crippen LogP contribution >= 0.6 is 0 Å². The second-order valence-corrected chi connectivity index (χ2v) is 2.42. The zero-order valence-electron chi connectivity index (χ0n) is 7.40. The minimum absolute atomic E-state index is 0.708. The van der Waals surface area contributed by atoms with Gasteiger partial charge in [-0.15, -0.1) is 5.92 Å². The van der Waals surface area contributed by atoms with Gasteiger partial charge in [0.1, 0.15) is 0 Å². The van der Waals surface area contributed by atoms with Crippen LogP contribution in [0.2, 0.25) is 0 Å². The van der Waals surface area contributed by atoms with Crippen molar-refractivity contribution in [3.8, 4) is 11.8 Å². The topological polar surface area (TPSA) is 14.1 Å². The first-order chi connectivity index (χ1) is 5.41. The molecule has 0 aliphatic rings. The minimum Gasteiger partial charge on any atom is -0.229 e. The molecule has 0 amide bonds. The summed E-state index contributed by atoms with van der Waals surface area (Å²) in [4.78, 5) is 0. The number of nitrogens with zero attached hydrogens (tertiary/aromatic N) is 1. The van der Waals surface area contributed by atoms with Crippen molar-refractivity contribution in [3.05, 3.63) is 6.92 Å². The maximum Gasteiger partial charge on any atom is 0.0745 e. The van der Waals surface area contributed by atoms with Crippen molar-refractivity contribution in [3.63, 3.8) is 0 Å². The summed E-state index contributed by atoms with van der Waals surface area (Å²) in [5.74, 6) is 5.99. The van der Waals surface area contributed by atoms with Crippen molar-refractivity contribution < 1.29 is 0 Å². The summed E-state index contributed by atoms with van der Waals surface area (Å²) < 4.78 is 0. The first-order valence-corrected chi connectivity index (χ1v) is 4.30. The molecule has 0 aromatic rings. The fourth-order valence-electron chi connectivity index (χ4n) is 0.638. The van der Waals surface area contributed by atoms with Crippen LogP contribution < -0.4 is 5.32 Å². The molecule has 2 radical (unpaired) electrons. The molecule has 0 atom stereocenters. The second-order valence-electron chi connectivity index (χ2n) is 2.42. The van der Waals surface area contributed by atoms with Gasteiger partial charge in [-0.3, -0.25) is 0 Å². The molecule has 0 aromatic carbocycles. The quantitative estimate of drug-likeness (QED) is 0.421. The number of rotatable bonds is 5. The molecule has 0 heterocycles. The van der Waals surface area contributed by atoms with Gasteiger partial charge in [0, 0.05) is 13.0 Å². The lowest BCUT2D eigenvalue weighted by atomic mass is 10.3. The van der Waals surface area contributed by atoms with Crippen LogP contribution in [0.25, 0.3) is 0 Å². The highest BCUT2D eigenvalue weighted by atomic mass is 14.8. The summed E-state index contributed by atoms with van der Waals surface area (Å²) in [6.07, 6.45) is 4.22. The van der Waals surface area contributed by atoms with Gasteiger partial charge >= 0.3 is 0 Å². The molecule has 0 aliphatic carbocycles. The highest BCUT2D eigenvalue weighted by molar-refractivity contribution is 5.00. The largest absolute Gasteiger partial charge is 0.229 e. The summed E-state index contributed by atoms with van der Waals surface area (Å²) >= 11 is 0.